The lowest BCUT2D eigenvalue weighted by molar-refractivity contribution is -0.126. The molecule has 0 aromatic rings. The Balaban J connectivity index is 3.61. The van der Waals surface area contributed by atoms with Gasteiger partial charge in [-0.1, -0.05) is 20.8 Å². The van der Waals surface area contributed by atoms with E-state index in [1.807, 2.05) is 13.8 Å². The number of carbonyl (C=O) groups is 1. The topological polar surface area (TPSA) is 26.3 Å². The van der Waals surface area contributed by atoms with Gasteiger partial charge in [-0.2, -0.15) is 0 Å². The highest BCUT2D eigenvalue weighted by Crippen LogP contribution is 2.18. The lowest BCUT2D eigenvalue weighted by Crippen LogP contribution is -2.19. The Hall–Kier alpha value is -0.370. The highest BCUT2D eigenvalue weighted by atomic mass is 16.5. The first-order valence-electron chi connectivity index (χ1n) is 4.44. The third-order valence-electron chi connectivity index (χ3n) is 1.31. The van der Waals surface area contributed by atoms with Crippen LogP contribution in [0.25, 0.3) is 0 Å². The van der Waals surface area contributed by atoms with Crippen LogP contribution in [0.5, 0.6) is 0 Å². The molecule has 0 radical (unpaired) electrons. The summed E-state index contributed by atoms with van der Waals surface area (Å²) in [5, 5.41) is 0. The number of ketones is 1. The van der Waals surface area contributed by atoms with Crippen LogP contribution in [0.15, 0.2) is 0 Å². The van der Waals surface area contributed by atoms with E-state index in [0.29, 0.717) is 6.42 Å². The first-order valence-corrected chi connectivity index (χ1v) is 4.44. The molecule has 0 heterocycles. The fourth-order valence-corrected chi connectivity index (χ4v) is 0.902. The second-order valence-corrected chi connectivity index (χ2v) is 4.64. The van der Waals surface area contributed by atoms with E-state index in [1.54, 1.807) is 0 Å². The number of hydrogen-bond acceptors (Lipinski definition) is 2. The van der Waals surface area contributed by atoms with Crippen molar-refractivity contribution in [2.75, 3.05) is 6.61 Å². The lowest BCUT2D eigenvalue weighted by atomic mass is 9.90. The quantitative estimate of drug-likeness (QED) is 0.651. The van der Waals surface area contributed by atoms with E-state index < -0.39 is 0 Å². The molecule has 2 nitrogen and oxygen atoms in total. The summed E-state index contributed by atoms with van der Waals surface area (Å²) in [7, 11) is 0. The van der Waals surface area contributed by atoms with Crippen LogP contribution in [0.2, 0.25) is 0 Å². The zero-order valence-corrected chi connectivity index (χ0v) is 8.81. The normalized spacial score (nSPS) is 12.2. The van der Waals surface area contributed by atoms with E-state index in [-0.39, 0.29) is 23.9 Å². The highest BCUT2D eigenvalue weighted by Gasteiger charge is 2.15. The van der Waals surface area contributed by atoms with Crippen molar-refractivity contribution in [3.05, 3.63) is 0 Å². The predicted molar refractivity (Wildman–Crippen MR) is 50.2 cm³/mol. The SMILES string of the molecule is CC(C)OCC(=O)CC(C)(C)C. The lowest BCUT2D eigenvalue weighted by Gasteiger charge is -2.17. The van der Waals surface area contributed by atoms with Crippen LogP contribution in [0.3, 0.4) is 0 Å². The van der Waals surface area contributed by atoms with Crippen LogP contribution in [-0.4, -0.2) is 18.5 Å². The van der Waals surface area contributed by atoms with Gasteiger partial charge in [-0.25, -0.2) is 0 Å². The Kier molecular flexibility index (Phi) is 4.46. The van der Waals surface area contributed by atoms with Crippen LogP contribution >= 0.6 is 0 Å². The molecule has 0 rings (SSSR count). The molecule has 0 aliphatic carbocycles. The molecule has 0 aromatic heterocycles. The van der Waals surface area contributed by atoms with Gasteiger partial charge in [0.05, 0.1) is 6.10 Å². The van der Waals surface area contributed by atoms with Gasteiger partial charge in [0.1, 0.15) is 6.61 Å². The van der Waals surface area contributed by atoms with Gasteiger partial charge in [-0.3, -0.25) is 4.79 Å². The number of hydrogen-bond donors (Lipinski definition) is 0. The average Bonchev–Trinajstić information content (AvgIpc) is 1.79. The zero-order chi connectivity index (χ0) is 9.78. The third kappa shape index (κ3) is 7.73. The molecule has 0 unspecified atom stereocenters. The zero-order valence-electron chi connectivity index (χ0n) is 8.81. The maximum Gasteiger partial charge on any atom is 0.159 e. The Morgan fingerprint density at radius 3 is 2.17 bits per heavy atom. The Morgan fingerprint density at radius 1 is 1.33 bits per heavy atom. The van der Waals surface area contributed by atoms with Crippen LogP contribution in [0.1, 0.15) is 41.0 Å². The van der Waals surface area contributed by atoms with Gasteiger partial charge < -0.3 is 4.74 Å². The van der Waals surface area contributed by atoms with Gasteiger partial charge in [0, 0.05) is 6.42 Å². The van der Waals surface area contributed by atoms with Crippen molar-refractivity contribution in [2.24, 2.45) is 5.41 Å². The highest BCUT2D eigenvalue weighted by molar-refractivity contribution is 5.80. The molecule has 0 aliphatic heterocycles. The monoisotopic (exact) mass is 172 g/mol. The van der Waals surface area contributed by atoms with Gasteiger partial charge >= 0.3 is 0 Å². The summed E-state index contributed by atoms with van der Waals surface area (Å²) in [4.78, 5) is 11.2. The molecule has 0 bridgehead atoms. The van der Waals surface area contributed by atoms with E-state index in [2.05, 4.69) is 20.8 Å². The predicted octanol–water partition coefficient (Wildman–Crippen LogP) is 2.42. The van der Waals surface area contributed by atoms with Crippen molar-refractivity contribution >= 4 is 5.78 Å². The molecule has 72 valence electrons. The molecule has 0 aliphatic rings. The molecule has 0 N–H and O–H groups in total. The summed E-state index contributed by atoms with van der Waals surface area (Å²) in [6.45, 7) is 10.3. The van der Waals surface area contributed by atoms with Crippen LogP contribution in [0.4, 0.5) is 0 Å². The van der Waals surface area contributed by atoms with Gasteiger partial charge in [0.25, 0.3) is 0 Å². The summed E-state index contributed by atoms with van der Waals surface area (Å²) in [5.41, 5.74) is 0.0808. The van der Waals surface area contributed by atoms with Crippen molar-refractivity contribution in [2.45, 2.75) is 47.1 Å². The van der Waals surface area contributed by atoms with E-state index in [0.717, 1.165) is 0 Å². The molecule has 0 fully saturated rings. The van der Waals surface area contributed by atoms with Crippen molar-refractivity contribution in [3.63, 3.8) is 0 Å². The number of ether oxygens (including phenoxy) is 1. The van der Waals surface area contributed by atoms with Crippen LogP contribution in [0, 0.1) is 5.41 Å². The Labute approximate surface area is 75.3 Å². The number of Topliss-reactive ketones (excluding diaryl/α,β-unsaturated/α-hetero) is 1. The van der Waals surface area contributed by atoms with E-state index >= 15 is 0 Å². The molecule has 0 saturated carbocycles. The molecule has 0 amide bonds. The maximum atomic E-state index is 11.2. The average molecular weight is 172 g/mol. The van der Waals surface area contributed by atoms with Crippen LogP contribution in [-0.2, 0) is 9.53 Å². The molecule has 0 spiro atoms. The van der Waals surface area contributed by atoms with Crippen molar-refractivity contribution in [1.82, 2.24) is 0 Å². The first kappa shape index (κ1) is 11.6. The van der Waals surface area contributed by atoms with Crippen molar-refractivity contribution in [1.29, 1.82) is 0 Å². The summed E-state index contributed by atoms with van der Waals surface area (Å²) in [6.07, 6.45) is 0.744. The minimum Gasteiger partial charge on any atom is -0.371 e. The van der Waals surface area contributed by atoms with E-state index in [4.69, 9.17) is 4.74 Å². The molecule has 0 saturated heterocycles. The Morgan fingerprint density at radius 2 is 1.83 bits per heavy atom. The number of rotatable bonds is 4. The van der Waals surface area contributed by atoms with Gasteiger partial charge in [-0.15, -0.1) is 0 Å². The largest absolute Gasteiger partial charge is 0.371 e. The van der Waals surface area contributed by atoms with Crippen molar-refractivity contribution in [3.8, 4) is 0 Å². The van der Waals surface area contributed by atoms with Gasteiger partial charge in [0.15, 0.2) is 5.78 Å². The van der Waals surface area contributed by atoms with E-state index in [9.17, 15) is 4.79 Å². The van der Waals surface area contributed by atoms with Gasteiger partial charge in [-0.05, 0) is 19.3 Å². The fourth-order valence-electron chi connectivity index (χ4n) is 0.902. The smallest absolute Gasteiger partial charge is 0.159 e. The molecule has 0 aromatic carbocycles. The first-order chi connectivity index (χ1) is 5.31. The minimum absolute atomic E-state index is 0.0808. The molecule has 12 heavy (non-hydrogen) atoms. The number of carbonyl (C=O) groups excluding carboxylic acids is 1. The summed E-state index contributed by atoms with van der Waals surface area (Å²) in [5.74, 6) is 0.191. The van der Waals surface area contributed by atoms with Crippen molar-refractivity contribution < 1.29 is 9.53 Å². The maximum absolute atomic E-state index is 11.2. The van der Waals surface area contributed by atoms with Crippen LogP contribution < -0.4 is 0 Å². The molecular weight excluding hydrogens is 152 g/mol. The third-order valence-corrected chi connectivity index (χ3v) is 1.31. The van der Waals surface area contributed by atoms with Gasteiger partial charge in [0.2, 0.25) is 0 Å². The second-order valence-electron chi connectivity index (χ2n) is 4.64. The Bertz CT molecular complexity index is 142. The summed E-state index contributed by atoms with van der Waals surface area (Å²) in [6, 6.07) is 0. The van der Waals surface area contributed by atoms with E-state index in [1.165, 1.54) is 0 Å². The molecule has 2 heteroatoms. The second kappa shape index (κ2) is 4.61. The fraction of sp³-hybridized carbons (Fsp3) is 0.900. The molecular formula is C10H20O2. The summed E-state index contributed by atoms with van der Waals surface area (Å²) >= 11 is 0. The standard InChI is InChI=1S/C10H20O2/c1-8(2)12-7-9(11)6-10(3,4)5/h8H,6-7H2,1-5H3. The molecule has 0 atom stereocenters. The summed E-state index contributed by atoms with van der Waals surface area (Å²) < 4.78 is 5.20. The minimum atomic E-state index is 0.0808.